The molecule has 1 N–H and O–H groups in total. The number of thiophene rings is 1. The molecule has 39 heavy (non-hydrogen) atoms. The molecule has 1 aliphatic rings. The van der Waals surface area contributed by atoms with Crippen LogP contribution in [0.5, 0.6) is 5.75 Å². The van der Waals surface area contributed by atoms with Gasteiger partial charge in [-0.2, -0.15) is 0 Å². The Bertz CT molecular complexity index is 1470. The Kier molecular flexibility index (Phi) is 8.24. The first-order valence-corrected chi connectivity index (χ1v) is 14.4. The predicted octanol–water partition coefficient (Wildman–Crippen LogP) is 8.41. The molecule has 7 heteroatoms. The third kappa shape index (κ3) is 6.63. The summed E-state index contributed by atoms with van der Waals surface area (Å²) in [6.45, 7) is 7.63. The average molecular weight is 561 g/mol. The minimum atomic E-state index is -0.115. The molecule has 0 unspecified atom stereocenters. The Morgan fingerprint density at radius 2 is 2.03 bits per heavy atom. The highest BCUT2D eigenvalue weighted by molar-refractivity contribution is 7.16. The van der Waals surface area contributed by atoms with Crippen molar-refractivity contribution in [2.75, 3.05) is 0 Å². The highest BCUT2D eigenvalue weighted by Gasteiger charge is 2.33. The van der Waals surface area contributed by atoms with E-state index in [9.17, 15) is 4.79 Å². The van der Waals surface area contributed by atoms with Crippen molar-refractivity contribution in [3.8, 4) is 5.75 Å². The number of amides is 1. The van der Waals surface area contributed by atoms with Crippen molar-refractivity contribution in [2.24, 2.45) is 16.3 Å². The van der Waals surface area contributed by atoms with E-state index < -0.39 is 0 Å². The van der Waals surface area contributed by atoms with Gasteiger partial charge in [0.05, 0.1) is 18.4 Å². The maximum Gasteiger partial charge on any atom is 0.255 e. The predicted molar refractivity (Wildman–Crippen MR) is 159 cm³/mol. The van der Waals surface area contributed by atoms with E-state index in [-0.39, 0.29) is 11.3 Å². The molecule has 4 aromatic rings. The summed E-state index contributed by atoms with van der Waals surface area (Å²) in [5.41, 5.74) is 3.87. The largest absolute Gasteiger partial charge is 0.488 e. The van der Waals surface area contributed by atoms with E-state index in [1.165, 1.54) is 4.88 Å². The number of furan rings is 1. The molecular weight excluding hydrogens is 528 g/mol. The quantitative estimate of drug-likeness (QED) is 0.220. The molecule has 0 aliphatic heterocycles. The van der Waals surface area contributed by atoms with Crippen LogP contribution in [-0.4, -0.2) is 12.1 Å². The number of carbonyl (C=O) groups excluding carboxylic acids is 1. The number of hydrogen-bond acceptors (Lipinski definition) is 5. The molecule has 0 spiro atoms. The summed E-state index contributed by atoms with van der Waals surface area (Å²) < 4.78 is 11.5. The van der Waals surface area contributed by atoms with Gasteiger partial charge in [-0.15, -0.1) is 11.3 Å². The summed E-state index contributed by atoms with van der Waals surface area (Å²) >= 11 is 7.76. The minimum Gasteiger partial charge on any atom is -0.488 e. The molecule has 1 aliphatic carbocycles. The number of para-hydroxylation sites is 1. The molecular formula is C32H33ClN2O3S. The van der Waals surface area contributed by atoms with Crippen LogP contribution in [0.1, 0.15) is 64.9 Å². The Balaban J connectivity index is 1.42. The molecule has 2 heterocycles. The van der Waals surface area contributed by atoms with Crippen molar-refractivity contribution in [1.29, 1.82) is 0 Å². The van der Waals surface area contributed by atoms with Crippen LogP contribution in [0.3, 0.4) is 0 Å². The molecule has 0 bridgehead atoms. The zero-order chi connectivity index (χ0) is 27.4. The maximum absolute atomic E-state index is 13.5. The Labute approximate surface area is 238 Å². The molecule has 0 saturated carbocycles. The fourth-order valence-corrected chi connectivity index (χ4v) is 6.42. The SMILES string of the molecule is CC(C)(C)[C@@H]1CCc2c(sc(N=Cc3ccccc3OCc3cccc(Cl)c3)c2C(=O)NCc2ccco2)C1. The fraction of sp³-hybridized carbons (Fsp3) is 0.312. The van der Waals surface area contributed by atoms with E-state index in [0.717, 1.165) is 52.5 Å². The van der Waals surface area contributed by atoms with Gasteiger partial charge in [-0.05, 0) is 78.1 Å². The average Bonchev–Trinajstić information content (AvgIpc) is 3.56. The second-order valence-electron chi connectivity index (χ2n) is 11.0. The number of hydrogen-bond donors (Lipinski definition) is 1. The third-order valence-corrected chi connectivity index (χ3v) is 8.62. The lowest BCUT2D eigenvalue weighted by molar-refractivity contribution is 0.0947. The van der Waals surface area contributed by atoms with Gasteiger partial charge >= 0.3 is 0 Å². The van der Waals surface area contributed by atoms with Crippen LogP contribution in [0, 0.1) is 11.3 Å². The van der Waals surface area contributed by atoms with Gasteiger partial charge in [-0.1, -0.05) is 56.6 Å². The summed E-state index contributed by atoms with van der Waals surface area (Å²) in [5.74, 6) is 1.89. The van der Waals surface area contributed by atoms with Crippen molar-refractivity contribution < 1.29 is 13.9 Å². The molecule has 1 amide bonds. The van der Waals surface area contributed by atoms with E-state index >= 15 is 0 Å². The number of nitrogens with zero attached hydrogens (tertiary/aromatic N) is 1. The number of aliphatic imine (C=N–C) groups is 1. The lowest BCUT2D eigenvalue weighted by atomic mass is 9.72. The van der Waals surface area contributed by atoms with Gasteiger partial charge in [0, 0.05) is 21.7 Å². The van der Waals surface area contributed by atoms with Crippen molar-refractivity contribution in [2.45, 2.75) is 53.2 Å². The van der Waals surface area contributed by atoms with Crippen LogP contribution in [0.25, 0.3) is 0 Å². The first kappa shape index (κ1) is 27.2. The molecule has 202 valence electrons. The normalized spacial score (nSPS) is 15.3. The van der Waals surface area contributed by atoms with Gasteiger partial charge < -0.3 is 14.5 Å². The van der Waals surface area contributed by atoms with Crippen LogP contribution in [0.15, 0.2) is 76.3 Å². The molecule has 0 fully saturated rings. The van der Waals surface area contributed by atoms with Gasteiger partial charge in [0.15, 0.2) is 0 Å². The van der Waals surface area contributed by atoms with Crippen LogP contribution in [0.2, 0.25) is 5.02 Å². The van der Waals surface area contributed by atoms with E-state index in [4.69, 9.17) is 25.7 Å². The summed E-state index contributed by atoms with van der Waals surface area (Å²) in [7, 11) is 0. The number of carbonyl (C=O) groups is 1. The monoisotopic (exact) mass is 560 g/mol. The van der Waals surface area contributed by atoms with Crippen LogP contribution in [0.4, 0.5) is 5.00 Å². The van der Waals surface area contributed by atoms with Gasteiger partial charge in [-0.25, -0.2) is 4.99 Å². The summed E-state index contributed by atoms with van der Waals surface area (Å²) in [6, 6.07) is 19.1. The third-order valence-electron chi connectivity index (χ3n) is 7.23. The number of halogens is 1. The van der Waals surface area contributed by atoms with Gasteiger partial charge in [0.25, 0.3) is 5.91 Å². The second kappa shape index (κ2) is 11.8. The zero-order valence-electron chi connectivity index (χ0n) is 22.5. The Morgan fingerprint density at radius 1 is 1.18 bits per heavy atom. The number of nitrogens with one attached hydrogen (secondary N) is 1. The Morgan fingerprint density at radius 3 is 2.79 bits per heavy atom. The zero-order valence-corrected chi connectivity index (χ0v) is 24.1. The van der Waals surface area contributed by atoms with E-state index in [1.54, 1.807) is 23.8 Å². The van der Waals surface area contributed by atoms with E-state index in [2.05, 4.69) is 26.1 Å². The van der Waals surface area contributed by atoms with Crippen molar-refractivity contribution in [3.05, 3.63) is 105 Å². The van der Waals surface area contributed by atoms with E-state index in [1.807, 2.05) is 60.7 Å². The van der Waals surface area contributed by atoms with Crippen LogP contribution < -0.4 is 10.1 Å². The molecule has 0 saturated heterocycles. The summed E-state index contributed by atoms with van der Waals surface area (Å²) in [5, 5.41) is 4.45. The number of rotatable bonds is 8. The smallest absolute Gasteiger partial charge is 0.255 e. The standard InChI is InChI=1S/C32H33ClN2O3S/c1-32(2,3)23-13-14-26-28(17-23)39-31(29(26)30(36)34-19-25-11-7-15-37-25)35-18-22-9-4-5-12-27(22)38-20-21-8-6-10-24(33)16-21/h4-12,15-16,18,23H,13-14,17,19-20H2,1-3H3,(H,34,36)/t23-/m1/s1. The first-order chi connectivity index (χ1) is 18.8. The van der Waals surface area contributed by atoms with Crippen molar-refractivity contribution in [1.82, 2.24) is 5.32 Å². The number of fused-ring (bicyclic) bond motifs is 1. The van der Waals surface area contributed by atoms with Crippen molar-refractivity contribution in [3.63, 3.8) is 0 Å². The number of ether oxygens (including phenoxy) is 1. The van der Waals surface area contributed by atoms with E-state index in [0.29, 0.717) is 29.7 Å². The van der Waals surface area contributed by atoms with Gasteiger partial charge in [-0.3, -0.25) is 4.79 Å². The fourth-order valence-electron chi connectivity index (χ4n) is 4.94. The topological polar surface area (TPSA) is 63.8 Å². The molecule has 2 aromatic heterocycles. The summed E-state index contributed by atoms with van der Waals surface area (Å²) in [4.78, 5) is 19.6. The minimum absolute atomic E-state index is 0.115. The highest BCUT2D eigenvalue weighted by atomic mass is 35.5. The molecule has 5 nitrogen and oxygen atoms in total. The molecule has 1 atom stereocenters. The van der Waals surface area contributed by atoms with Gasteiger partial charge in [0.1, 0.15) is 23.1 Å². The molecule has 2 aromatic carbocycles. The van der Waals surface area contributed by atoms with Crippen LogP contribution >= 0.6 is 22.9 Å². The Hall–Kier alpha value is -3.35. The highest BCUT2D eigenvalue weighted by Crippen LogP contribution is 2.45. The van der Waals surface area contributed by atoms with Gasteiger partial charge in [0.2, 0.25) is 0 Å². The second-order valence-corrected chi connectivity index (χ2v) is 12.5. The first-order valence-electron chi connectivity index (χ1n) is 13.2. The lowest BCUT2D eigenvalue weighted by Crippen LogP contribution is -2.28. The number of benzene rings is 2. The summed E-state index contributed by atoms with van der Waals surface area (Å²) in [6.07, 6.45) is 6.33. The maximum atomic E-state index is 13.5. The van der Waals surface area contributed by atoms with Crippen molar-refractivity contribution >= 4 is 40.1 Å². The molecule has 0 radical (unpaired) electrons. The molecule has 5 rings (SSSR count). The lowest BCUT2D eigenvalue weighted by Gasteiger charge is -2.33. The van der Waals surface area contributed by atoms with Crippen LogP contribution in [-0.2, 0) is 26.0 Å².